The lowest BCUT2D eigenvalue weighted by Crippen LogP contribution is -2.32. The zero-order chi connectivity index (χ0) is 15.0. The average Bonchev–Trinajstić information content (AvgIpc) is 2.51. The highest BCUT2D eigenvalue weighted by molar-refractivity contribution is 7.80. The minimum atomic E-state index is 0.471. The third-order valence-corrected chi connectivity index (χ3v) is 3.02. The van der Waals surface area contributed by atoms with Crippen molar-refractivity contribution in [2.24, 2.45) is 0 Å². The Bertz CT molecular complexity index is 550. The third kappa shape index (κ3) is 3.87. The molecule has 20 heavy (non-hydrogen) atoms. The van der Waals surface area contributed by atoms with E-state index in [1.165, 1.54) is 0 Å². The number of fused-ring (bicyclic) bond motifs is 1. The molecule has 0 spiro atoms. The molecule has 0 aliphatic heterocycles. The van der Waals surface area contributed by atoms with E-state index in [1.54, 1.807) is 12.4 Å². The van der Waals surface area contributed by atoms with E-state index < -0.39 is 0 Å². The minimum Gasteiger partial charge on any atom is -0.429 e. The van der Waals surface area contributed by atoms with E-state index in [4.69, 9.17) is 17.0 Å². The number of ether oxygens (including phenoxy) is 1. The van der Waals surface area contributed by atoms with Crippen LogP contribution < -0.4 is 4.74 Å². The molecule has 5 heteroatoms. The molecule has 0 fully saturated rings. The van der Waals surface area contributed by atoms with Gasteiger partial charge in [0, 0.05) is 25.5 Å². The van der Waals surface area contributed by atoms with Crippen molar-refractivity contribution in [3.8, 4) is 5.75 Å². The summed E-state index contributed by atoms with van der Waals surface area (Å²) in [6.45, 7) is 9.74. The lowest BCUT2D eigenvalue weighted by molar-refractivity contribution is 0.380. The van der Waals surface area contributed by atoms with Crippen LogP contribution in [0.15, 0.2) is 30.6 Å². The monoisotopic (exact) mass is 291 g/mol. The van der Waals surface area contributed by atoms with Gasteiger partial charge >= 0.3 is 0 Å². The molecule has 0 saturated heterocycles. The van der Waals surface area contributed by atoms with Gasteiger partial charge in [0.15, 0.2) is 5.75 Å². The molecule has 0 radical (unpaired) electrons. The van der Waals surface area contributed by atoms with Gasteiger partial charge in [0.05, 0.1) is 5.52 Å². The van der Waals surface area contributed by atoms with E-state index >= 15 is 0 Å². The Morgan fingerprint density at radius 3 is 2.45 bits per heavy atom. The Balaban J connectivity index is 0.000000956. The molecule has 0 bridgehead atoms. The second-order valence-corrected chi connectivity index (χ2v) is 4.07. The Kier molecular flexibility index (Phi) is 6.87. The summed E-state index contributed by atoms with van der Waals surface area (Å²) in [5.74, 6) is 0.650. The molecule has 0 atom stereocenters. The Labute approximate surface area is 125 Å². The second kappa shape index (κ2) is 8.43. The average molecular weight is 291 g/mol. The van der Waals surface area contributed by atoms with Gasteiger partial charge in [-0.3, -0.25) is 4.98 Å². The van der Waals surface area contributed by atoms with E-state index in [2.05, 4.69) is 9.97 Å². The molecule has 0 aliphatic carbocycles. The van der Waals surface area contributed by atoms with Gasteiger partial charge in [0.25, 0.3) is 5.17 Å². The van der Waals surface area contributed by atoms with Gasteiger partial charge in [-0.1, -0.05) is 19.9 Å². The standard InChI is InChI=1S/C13H15N3OS.C2H6/c1-3-16(4-2)13(18)17-11-7-5-6-10-12(11)15-9-8-14-10;1-2/h5-9H,3-4H2,1-2H3;1-2H3. The molecule has 108 valence electrons. The molecule has 0 amide bonds. The zero-order valence-electron chi connectivity index (χ0n) is 12.5. The van der Waals surface area contributed by atoms with Gasteiger partial charge in [0.2, 0.25) is 0 Å². The first-order valence-electron chi connectivity index (χ1n) is 6.92. The highest BCUT2D eigenvalue weighted by Crippen LogP contribution is 2.22. The number of aromatic nitrogens is 2. The largest absolute Gasteiger partial charge is 0.429 e. The van der Waals surface area contributed by atoms with Gasteiger partial charge in [-0.15, -0.1) is 0 Å². The fourth-order valence-electron chi connectivity index (χ4n) is 1.69. The number of rotatable bonds is 3. The van der Waals surface area contributed by atoms with Gasteiger partial charge in [-0.25, -0.2) is 4.98 Å². The number of benzene rings is 1. The smallest absolute Gasteiger partial charge is 0.264 e. The highest BCUT2D eigenvalue weighted by atomic mass is 32.1. The molecule has 0 aliphatic rings. The van der Waals surface area contributed by atoms with Gasteiger partial charge in [0.1, 0.15) is 5.52 Å². The Morgan fingerprint density at radius 2 is 1.80 bits per heavy atom. The molecule has 4 nitrogen and oxygen atoms in total. The van der Waals surface area contributed by atoms with Gasteiger partial charge in [-0.05, 0) is 38.2 Å². The van der Waals surface area contributed by atoms with Crippen molar-refractivity contribution >= 4 is 28.4 Å². The second-order valence-electron chi connectivity index (χ2n) is 3.72. The van der Waals surface area contributed by atoms with E-state index in [0.29, 0.717) is 10.9 Å². The van der Waals surface area contributed by atoms with Gasteiger partial charge < -0.3 is 9.64 Å². The van der Waals surface area contributed by atoms with Crippen LogP contribution in [0, 0.1) is 0 Å². The summed E-state index contributed by atoms with van der Waals surface area (Å²) in [5.41, 5.74) is 1.53. The maximum Gasteiger partial charge on any atom is 0.264 e. The molecular weight excluding hydrogens is 270 g/mol. The van der Waals surface area contributed by atoms with Crippen molar-refractivity contribution in [3.05, 3.63) is 30.6 Å². The first kappa shape index (κ1) is 16.3. The summed E-state index contributed by atoms with van der Waals surface area (Å²) in [4.78, 5) is 10.5. The normalized spacial score (nSPS) is 9.60. The van der Waals surface area contributed by atoms with Crippen molar-refractivity contribution in [1.82, 2.24) is 14.9 Å². The third-order valence-electron chi connectivity index (χ3n) is 2.68. The number of para-hydroxylation sites is 1. The molecule has 2 aromatic rings. The lowest BCUT2D eigenvalue weighted by atomic mass is 10.3. The Morgan fingerprint density at radius 1 is 1.15 bits per heavy atom. The van der Waals surface area contributed by atoms with Crippen LogP contribution in [0.1, 0.15) is 27.7 Å². The molecule has 2 rings (SSSR count). The number of nitrogens with zero attached hydrogens (tertiary/aromatic N) is 3. The van der Waals surface area contributed by atoms with Crippen LogP contribution in [-0.2, 0) is 0 Å². The number of hydrogen-bond acceptors (Lipinski definition) is 4. The van der Waals surface area contributed by atoms with Crippen molar-refractivity contribution in [2.75, 3.05) is 13.1 Å². The van der Waals surface area contributed by atoms with E-state index in [0.717, 1.165) is 24.1 Å². The van der Waals surface area contributed by atoms with Crippen LogP contribution in [0.3, 0.4) is 0 Å². The fourth-order valence-corrected chi connectivity index (χ4v) is 2.04. The molecule has 1 aromatic heterocycles. The highest BCUT2D eigenvalue weighted by Gasteiger charge is 2.10. The molecule has 0 saturated carbocycles. The van der Waals surface area contributed by atoms with Crippen LogP contribution in [0.4, 0.5) is 0 Å². The van der Waals surface area contributed by atoms with Crippen LogP contribution in [-0.4, -0.2) is 33.1 Å². The van der Waals surface area contributed by atoms with E-state index in [1.807, 2.05) is 50.8 Å². The van der Waals surface area contributed by atoms with Crippen LogP contribution in [0.25, 0.3) is 11.0 Å². The Hall–Kier alpha value is -1.75. The predicted molar refractivity (Wildman–Crippen MR) is 87.0 cm³/mol. The number of thiocarbonyl (C=S) groups is 1. The maximum atomic E-state index is 5.73. The predicted octanol–water partition coefficient (Wildman–Crippen LogP) is 3.66. The quantitative estimate of drug-likeness (QED) is 0.807. The van der Waals surface area contributed by atoms with E-state index in [9.17, 15) is 0 Å². The van der Waals surface area contributed by atoms with Crippen LogP contribution in [0.5, 0.6) is 5.75 Å². The van der Waals surface area contributed by atoms with Crippen molar-refractivity contribution in [2.45, 2.75) is 27.7 Å². The first-order chi connectivity index (χ1) is 9.76. The van der Waals surface area contributed by atoms with Crippen molar-refractivity contribution < 1.29 is 4.74 Å². The topological polar surface area (TPSA) is 38.2 Å². The zero-order valence-corrected chi connectivity index (χ0v) is 13.3. The summed E-state index contributed by atoms with van der Waals surface area (Å²) in [5, 5.41) is 0.471. The number of hydrogen-bond donors (Lipinski definition) is 0. The first-order valence-corrected chi connectivity index (χ1v) is 7.33. The minimum absolute atomic E-state index is 0.471. The maximum absolute atomic E-state index is 5.73. The summed E-state index contributed by atoms with van der Waals surface area (Å²) < 4.78 is 5.73. The van der Waals surface area contributed by atoms with Crippen molar-refractivity contribution in [3.63, 3.8) is 0 Å². The summed E-state index contributed by atoms with van der Waals surface area (Å²) in [7, 11) is 0. The summed E-state index contributed by atoms with van der Waals surface area (Å²) in [6, 6.07) is 5.64. The molecule has 1 heterocycles. The fraction of sp³-hybridized carbons (Fsp3) is 0.400. The van der Waals surface area contributed by atoms with E-state index in [-0.39, 0.29) is 0 Å². The molecule has 0 unspecified atom stereocenters. The van der Waals surface area contributed by atoms with Crippen LogP contribution in [0.2, 0.25) is 0 Å². The molecule has 1 aromatic carbocycles. The molecular formula is C15H21N3OS. The van der Waals surface area contributed by atoms with Gasteiger partial charge in [-0.2, -0.15) is 0 Å². The molecule has 0 N–H and O–H groups in total. The van der Waals surface area contributed by atoms with Crippen molar-refractivity contribution in [1.29, 1.82) is 0 Å². The lowest BCUT2D eigenvalue weighted by Gasteiger charge is -2.21. The summed E-state index contributed by atoms with van der Waals surface area (Å²) >= 11 is 5.27. The summed E-state index contributed by atoms with van der Waals surface area (Å²) in [6.07, 6.45) is 3.31. The van der Waals surface area contributed by atoms with Crippen LogP contribution >= 0.6 is 12.2 Å². The SMILES string of the molecule is CC.CCN(CC)C(=S)Oc1cccc2nccnc12.